The third kappa shape index (κ3) is 4.58. The lowest BCUT2D eigenvalue weighted by atomic mass is 9.85. The van der Waals surface area contributed by atoms with Crippen LogP contribution >= 0.6 is 11.3 Å². The highest BCUT2D eigenvalue weighted by Gasteiger charge is 2.19. The van der Waals surface area contributed by atoms with Gasteiger partial charge in [-0.3, -0.25) is 0 Å². The summed E-state index contributed by atoms with van der Waals surface area (Å²) in [6.07, 6.45) is 7.94. The Morgan fingerprint density at radius 3 is 3.00 bits per heavy atom. The minimum absolute atomic E-state index is 0.607. The van der Waals surface area contributed by atoms with Crippen LogP contribution in [0.1, 0.15) is 38.1 Å². The Labute approximate surface area is 119 Å². The SMILES string of the molecule is CCCNCc1nnc(OCC2CC=CCC2C)s1. The summed E-state index contributed by atoms with van der Waals surface area (Å²) in [7, 11) is 0. The fourth-order valence-electron chi connectivity index (χ4n) is 2.16. The van der Waals surface area contributed by atoms with E-state index < -0.39 is 0 Å². The number of aromatic nitrogens is 2. The summed E-state index contributed by atoms with van der Waals surface area (Å²) in [5, 5.41) is 13.3. The van der Waals surface area contributed by atoms with Crippen LogP contribution in [-0.2, 0) is 6.54 Å². The van der Waals surface area contributed by atoms with Crippen LogP contribution in [-0.4, -0.2) is 23.3 Å². The van der Waals surface area contributed by atoms with Gasteiger partial charge in [0.1, 0.15) is 5.01 Å². The van der Waals surface area contributed by atoms with Crippen molar-refractivity contribution in [3.63, 3.8) is 0 Å². The van der Waals surface area contributed by atoms with E-state index in [1.807, 2.05) is 0 Å². The third-order valence-electron chi connectivity index (χ3n) is 3.49. The van der Waals surface area contributed by atoms with Gasteiger partial charge in [-0.05, 0) is 37.6 Å². The molecule has 4 nitrogen and oxygen atoms in total. The van der Waals surface area contributed by atoms with E-state index in [4.69, 9.17) is 4.74 Å². The van der Waals surface area contributed by atoms with E-state index in [0.717, 1.165) is 44.0 Å². The molecule has 106 valence electrons. The quantitative estimate of drug-likeness (QED) is 0.616. The lowest BCUT2D eigenvalue weighted by Crippen LogP contribution is -2.21. The van der Waals surface area contributed by atoms with E-state index in [2.05, 4.69) is 41.5 Å². The summed E-state index contributed by atoms with van der Waals surface area (Å²) >= 11 is 1.55. The minimum atomic E-state index is 0.607. The summed E-state index contributed by atoms with van der Waals surface area (Å²) in [6.45, 7) is 7.00. The molecule has 1 aliphatic rings. The van der Waals surface area contributed by atoms with Gasteiger partial charge in [0.25, 0.3) is 5.19 Å². The molecule has 0 radical (unpaired) electrons. The summed E-state index contributed by atoms with van der Waals surface area (Å²) in [6, 6.07) is 0. The number of nitrogens with one attached hydrogen (secondary N) is 1. The first-order valence-corrected chi connectivity index (χ1v) is 7.92. The first-order valence-electron chi connectivity index (χ1n) is 7.10. The molecule has 5 heteroatoms. The van der Waals surface area contributed by atoms with Crippen molar-refractivity contribution in [2.24, 2.45) is 11.8 Å². The van der Waals surface area contributed by atoms with Crippen LogP contribution in [0.15, 0.2) is 12.2 Å². The van der Waals surface area contributed by atoms with E-state index in [1.54, 1.807) is 11.3 Å². The molecular formula is C14H23N3OS. The number of nitrogens with zero attached hydrogens (tertiary/aromatic N) is 2. The Hall–Kier alpha value is -0.940. The Morgan fingerprint density at radius 2 is 2.21 bits per heavy atom. The Bertz CT molecular complexity index is 405. The standard InChI is InChI=1S/C14H23N3OS/c1-3-8-15-9-13-16-17-14(19-13)18-10-12-7-5-4-6-11(12)2/h4-5,11-12,15H,3,6-10H2,1-2H3. The van der Waals surface area contributed by atoms with Crippen molar-refractivity contribution in [2.45, 2.75) is 39.7 Å². The van der Waals surface area contributed by atoms with E-state index >= 15 is 0 Å². The van der Waals surface area contributed by atoms with Crippen LogP contribution in [0.2, 0.25) is 0 Å². The topological polar surface area (TPSA) is 47.0 Å². The van der Waals surface area contributed by atoms with Crippen LogP contribution in [0.5, 0.6) is 5.19 Å². The van der Waals surface area contributed by atoms with Crippen LogP contribution in [0, 0.1) is 11.8 Å². The van der Waals surface area contributed by atoms with E-state index in [-0.39, 0.29) is 0 Å². The zero-order valence-corrected chi connectivity index (χ0v) is 12.6. The summed E-state index contributed by atoms with van der Waals surface area (Å²) in [5.74, 6) is 1.30. The van der Waals surface area contributed by atoms with Gasteiger partial charge >= 0.3 is 0 Å². The van der Waals surface area contributed by atoms with Gasteiger partial charge in [-0.2, -0.15) is 0 Å². The Kier molecular flexibility index (Phi) is 5.79. The van der Waals surface area contributed by atoms with Gasteiger partial charge in [0.15, 0.2) is 0 Å². The average Bonchev–Trinajstić information content (AvgIpc) is 2.86. The molecule has 0 spiro atoms. The molecule has 2 rings (SSSR count). The maximum atomic E-state index is 5.79. The molecule has 1 aromatic rings. The lowest BCUT2D eigenvalue weighted by molar-refractivity contribution is 0.197. The number of rotatable bonds is 7. The highest BCUT2D eigenvalue weighted by Crippen LogP contribution is 2.26. The number of hydrogen-bond donors (Lipinski definition) is 1. The monoisotopic (exact) mass is 281 g/mol. The molecule has 19 heavy (non-hydrogen) atoms. The first kappa shape index (κ1) is 14.5. The Morgan fingerprint density at radius 1 is 1.37 bits per heavy atom. The number of ether oxygens (including phenoxy) is 1. The highest BCUT2D eigenvalue weighted by atomic mass is 32.1. The van der Waals surface area contributed by atoms with Crippen molar-refractivity contribution < 1.29 is 4.74 Å². The van der Waals surface area contributed by atoms with Gasteiger partial charge in [-0.15, -0.1) is 10.2 Å². The van der Waals surface area contributed by atoms with Crippen LogP contribution in [0.4, 0.5) is 0 Å². The first-order chi connectivity index (χ1) is 9.29. The molecule has 0 amide bonds. The van der Waals surface area contributed by atoms with Crippen molar-refractivity contribution in [2.75, 3.05) is 13.2 Å². The molecule has 0 saturated carbocycles. The fraction of sp³-hybridized carbons (Fsp3) is 0.714. The second kappa shape index (κ2) is 7.60. The molecule has 1 aliphatic carbocycles. The van der Waals surface area contributed by atoms with Crippen LogP contribution in [0.25, 0.3) is 0 Å². The second-order valence-corrected chi connectivity index (χ2v) is 6.15. The van der Waals surface area contributed by atoms with Gasteiger partial charge in [0, 0.05) is 6.54 Å². The third-order valence-corrected chi connectivity index (χ3v) is 4.33. The number of allylic oxidation sites excluding steroid dienone is 2. The van der Waals surface area contributed by atoms with E-state index in [0.29, 0.717) is 17.0 Å². The smallest absolute Gasteiger partial charge is 0.294 e. The van der Waals surface area contributed by atoms with Gasteiger partial charge in [0.05, 0.1) is 6.61 Å². The van der Waals surface area contributed by atoms with Gasteiger partial charge in [-0.25, -0.2) is 0 Å². The molecule has 0 fully saturated rings. The predicted molar refractivity (Wildman–Crippen MR) is 78.4 cm³/mol. The Balaban J connectivity index is 1.75. The van der Waals surface area contributed by atoms with E-state index in [9.17, 15) is 0 Å². The predicted octanol–water partition coefficient (Wildman–Crippen LogP) is 3.02. The highest BCUT2D eigenvalue weighted by molar-refractivity contribution is 7.13. The summed E-state index contributed by atoms with van der Waals surface area (Å²) in [5.41, 5.74) is 0. The molecular weight excluding hydrogens is 258 g/mol. The fourth-order valence-corrected chi connectivity index (χ4v) is 2.82. The van der Waals surface area contributed by atoms with Crippen LogP contribution in [0.3, 0.4) is 0 Å². The van der Waals surface area contributed by atoms with Crippen molar-refractivity contribution in [1.29, 1.82) is 0 Å². The molecule has 0 saturated heterocycles. The maximum Gasteiger partial charge on any atom is 0.294 e. The molecule has 0 aliphatic heterocycles. The van der Waals surface area contributed by atoms with Crippen molar-refractivity contribution in [3.05, 3.63) is 17.2 Å². The van der Waals surface area contributed by atoms with Gasteiger partial charge in [-0.1, -0.05) is 37.3 Å². The summed E-state index contributed by atoms with van der Waals surface area (Å²) in [4.78, 5) is 0. The molecule has 2 atom stereocenters. The van der Waals surface area contributed by atoms with Gasteiger partial charge in [0.2, 0.25) is 0 Å². The molecule has 1 aromatic heterocycles. The van der Waals surface area contributed by atoms with Crippen LogP contribution < -0.4 is 10.1 Å². The molecule has 2 unspecified atom stereocenters. The molecule has 0 aromatic carbocycles. The summed E-state index contributed by atoms with van der Waals surface area (Å²) < 4.78 is 5.79. The van der Waals surface area contributed by atoms with Crippen molar-refractivity contribution in [1.82, 2.24) is 15.5 Å². The molecule has 0 bridgehead atoms. The molecule has 1 N–H and O–H groups in total. The molecule has 1 heterocycles. The van der Waals surface area contributed by atoms with Gasteiger partial charge < -0.3 is 10.1 Å². The zero-order chi connectivity index (χ0) is 13.5. The number of hydrogen-bond acceptors (Lipinski definition) is 5. The van der Waals surface area contributed by atoms with Crippen molar-refractivity contribution >= 4 is 11.3 Å². The average molecular weight is 281 g/mol. The second-order valence-electron chi connectivity index (χ2n) is 5.13. The normalized spacial score (nSPS) is 22.6. The lowest BCUT2D eigenvalue weighted by Gasteiger charge is -2.24. The van der Waals surface area contributed by atoms with E-state index in [1.165, 1.54) is 0 Å². The minimum Gasteiger partial charge on any atom is -0.469 e. The zero-order valence-electron chi connectivity index (χ0n) is 11.8. The largest absolute Gasteiger partial charge is 0.469 e. The van der Waals surface area contributed by atoms with Crippen molar-refractivity contribution in [3.8, 4) is 5.19 Å². The maximum absolute atomic E-state index is 5.79.